The molecule has 3 aromatic carbocycles. The largest absolute Gasteiger partial charge is 0.507 e. The number of nitrogens with zero attached hydrogens (tertiary/aromatic N) is 4. The van der Waals surface area contributed by atoms with Gasteiger partial charge in [-0.15, -0.1) is 0 Å². The van der Waals surface area contributed by atoms with Gasteiger partial charge >= 0.3 is 0 Å². The molecule has 6 nitrogen and oxygen atoms in total. The van der Waals surface area contributed by atoms with Crippen LogP contribution in [0.5, 0.6) is 5.75 Å². The summed E-state index contributed by atoms with van der Waals surface area (Å²) in [6.45, 7) is 3.06. The predicted octanol–water partition coefficient (Wildman–Crippen LogP) is 3.59. The topological polar surface area (TPSA) is 65.7 Å². The lowest BCUT2D eigenvalue weighted by atomic mass is 10.0. The van der Waals surface area contributed by atoms with Crippen LogP contribution in [0.3, 0.4) is 0 Å². The van der Waals surface area contributed by atoms with Crippen molar-refractivity contribution in [1.29, 1.82) is 0 Å². The highest BCUT2D eigenvalue weighted by atomic mass is 16.3. The number of aromatic hydroxyl groups is 1. The third-order valence-electron chi connectivity index (χ3n) is 7.04. The number of fused-ring (bicyclic) bond motifs is 2. The fourth-order valence-corrected chi connectivity index (χ4v) is 5.12. The number of phenolic OH excluding ortho intramolecular Hbond substituents is 1. The molecule has 1 aliphatic rings. The molecule has 1 aliphatic heterocycles. The molecule has 5 aromatic rings. The van der Waals surface area contributed by atoms with Gasteiger partial charge in [-0.25, -0.2) is 4.98 Å². The van der Waals surface area contributed by atoms with Crippen molar-refractivity contribution in [3.63, 3.8) is 0 Å². The first-order valence-electron chi connectivity index (χ1n) is 12.2. The zero-order valence-electron chi connectivity index (χ0n) is 19.9. The van der Waals surface area contributed by atoms with Crippen LogP contribution < -0.4 is 10.8 Å². The summed E-state index contributed by atoms with van der Waals surface area (Å²) in [5.41, 5.74) is 4.68. The summed E-state index contributed by atoms with van der Waals surface area (Å²) in [6.07, 6.45) is 3.95. The molecular weight excluding hydrogens is 433 g/mol. The Morgan fingerprint density at radius 1 is 0.971 bits per heavy atom. The SMILES string of the molecule is Bc1cnn2c(NC3CCN(Cc4cccc5ccccc45)CC3)cc(-c3ccccc3O)nc12. The van der Waals surface area contributed by atoms with Gasteiger partial charge in [-0.3, -0.25) is 4.90 Å². The maximum atomic E-state index is 10.4. The summed E-state index contributed by atoms with van der Waals surface area (Å²) in [7, 11) is 2.01. The summed E-state index contributed by atoms with van der Waals surface area (Å²) in [5, 5.41) is 21.3. The number of anilines is 1. The third-order valence-corrected chi connectivity index (χ3v) is 7.04. The Balaban J connectivity index is 1.20. The zero-order chi connectivity index (χ0) is 23.8. The van der Waals surface area contributed by atoms with Gasteiger partial charge in [-0.1, -0.05) is 54.6 Å². The number of likely N-dealkylation sites (tertiary alicyclic amines) is 1. The molecule has 174 valence electrons. The quantitative estimate of drug-likeness (QED) is 0.392. The van der Waals surface area contributed by atoms with E-state index in [9.17, 15) is 5.11 Å². The second-order valence-corrected chi connectivity index (χ2v) is 9.44. The van der Waals surface area contributed by atoms with Crippen LogP contribution in [0, 0.1) is 0 Å². The van der Waals surface area contributed by atoms with Gasteiger partial charge in [0.15, 0.2) is 5.65 Å². The van der Waals surface area contributed by atoms with E-state index in [1.54, 1.807) is 6.07 Å². The number of aromatic nitrogens is 3. The van der Waals surface area contributed by atoms with Crippen molar-refractivity contribution < 1.29 is 5.11 Å². The number of hydrogen-bond acceptors (Lipinski definition) is 5. The van der Waals surface area contributed by atoms with Crippen molar-refractivity contribution in [3.05, 3.63) is 84.6 Å². The number of benzene rings is 3. The molecular formula is C28H28BN5O. The van der Waals surface area contributed by atoms with E-state index in [4.69, 9.17) is 4.98 Å². The Kier molecular flexibility index (Phi) is 5.62. The minimum Gasteiger partial charge on any atom is -0.507 e. The van der Waals surface area contributed by atoms with Crippen LogP contribution in [0.15, 0.2) is 79.0 Å². The van der Waals surface area contributed by atoms with E-state index in [0.29, 0.717) is 6.04 Å². The highest BCUT2D eigenvalue weighted by Gasteiger charge is 2.21. The van der Waals surface area contributed by atoms with Gasteiger partial charge in [0.05, 0.1) is 5.69 Å². The van der Waals surface area contributed by atoms with E-state index in [1.165, 1.54) is 16.3 Å². The van der Waals surface area contributed by atoms with E-state index in [2.05, 4.69) is 57.8 Å². The molecule has 2 N–H and O–H groups in total. The summed E-state index contributed by atoms with van der Waals surface area (Å²) in [5.74, 6) is 1.14. The van der Waals surface area contributed by atoms with E-state index >= 15 is 0 Å². The fraction of sp³-hybridized carbons (Fsp3) is 0.214. The highest BCUT2D eigenvalue weighted by Crippen LogP contribution is 2.30. The molecule has 0 saturated carbocycles. The first-order valence-corrected chi connectivity index (χ1v) is 12.2. The third kappa shape index (κ3) is 4.24. The summed E-state index contributed by atoms with van der Waals surface area (Å²) in [4.78, 5) is 7.34. The Hall–Kier alpha value is -3.84. The molecule has 0 amide bonds. The van der Waals surface area contributed by atoms with Crippen molar-refractivity contribution in [2.75, 3.05) is 18.4 Å². The van der Waals surface area contributed by atoms with Crippen LogP contribution in [-0.4, -0.2) is 51.6 Å². The lowest BCUT2D eigenvalue weighted by molar-refractivity contribution is 0.212. The van der Waals surface area contributed by atoms with Gasteiger partial charge in [0.1, 0.15) is 19.4 Å². The minimum atomic E-state index is 0.231. The van der Waals surface area contributed by atoms with Crippen LogP contribution in [0.4, 0.5) is 5.82 Å². The van der Waals surface area contributed by atoms with Gasteiger partial charge < -0.3 is 10.4 Å². The number of nitrogens with one attached hydrogen (secondary N) is 1. The van der Waals surface area contributed by atoms with Crippen molar-refractivity contribution in [2.45, 2.75) is 25.4 Å². The Labute approximate surface area is 205 Å². The van der Waals surface area contributed by atoms with Gasteiger partial charge in [-0.05, 0) is 46.8 Å². The number of piperidine rings is 1. The molecule has 0 unspecified atom stereocenters. The zero-order valence-corrected chi connectivity index (χ0v) is 19.9. The minimum absolute atomic E-state index is 0.231. The molecule has 6 rings (SSSR count). The van der Waals surface area contributed by atoms with Crippen molar-refractivity contribution in [1.82, 2.24) is 19.5 Å². The summed E-state index contributed by atoms with van der Waals surface area (Å²) < 4.78 is 1.88. The second kappa shape index (κ2) is 9.08. The average Bonchev–Trinajstić information content (AvgIpc) is 3.26. The van der Waals surface area contributed by atoms with Crippen LogP contribution in [0.1, 0.15) is 18.4 Å². The first kappa shape index (κ1) is 21.7. The molecule has 1 saturated heterocycles. The van der Waals surface area contributed by atoms with Gasteiger partial charge in [0, 0.05) is 43.5 Å². The van der Waals surface area contributed by atoms with Crippen molar-refractivity contribution >= 4 is 35.5 Å². The number of rotatable bonds is 5. The Morgan fingerprint density at radius 2 is 1.74 bits per heavy atom. The molecule has 0 spiro atoms. The smallest absolute Gasteiger partial charge is 0.151 e. The molecule has 0 bridgehead atoms. The normalized spacial score (nSPS) is 15.1. The van der Waals surface area contributed by atoms with Crippen molar-refractivity contribution in [3.8, 4) is 17.0 Å². The maximum Gasteiger partial charge on any atom is 0.151 e. The van der Waals surface area contributed by atoms with Crippen LogP contribution in [-0.2, 0) is 6.54 Å². The van der Waals surface area contributed by atoms with Crippen LogP contribution in [0.25, 0.3) is 27.7 Å². The Bertz CT molecular complexity index is 1500. The lowest BCUT2D eigenvalue weighted by Gasteiger charge is -2.33. The monoisotopic (exact) mass is 461 g/mol. The summed E-state index contributed by atoms with van der Waals surface area (Å²) in [6, 6.07) is 24.9. The standard InChI is InChI=1S/C28H28BN5O/c29-24-17-30-34-27(16-25(32-28(24)34)23-10-3-4-11-26(23)35)31-21-12-14-33(15-13-21)18-20-8-5-7-19-6-1-2-9-22(19)20/h1-11,16-17,21,31,35H,12-15,18,29H2. The number of hydrogen-bond donors (Lipinski definition) is 2. The van der Waals surface area contributed by atoms with Gasteiger partial charge in [0.25, 0.3) is 0 Å². The molecule has 0 aliphatic carbocycles. The lowest BCUT2D eigenvalue weighted by Crippen LogP contribution is -2.39. The molecule has 1 fully saturated rings. The number of phenols is 1. The second-order valence-electron chi connectivity index (χ2n) is 9.44. The average molecular weight is 461 g/mol. The fourth-order valence-electron chi connectivity index (χ4n) is 5.12. The molecule has 0 radical (unpaired) electrons. The highest BCUT2D eigenvalue weighted by molar-refractivity contribution is 6.36. The van der Waals surface area contributed by atoms with E-state index in [1.807, 2.05) is 42.8 Å². The van der Waals surface area contributed by atoms with E-state index in [0.717, 1.165) is 60.7 Å². The summed E-state index contributed by atoms with van der Waals surface area (Å²) >= 11 is 0. The van der Waals surface area contributed by atoms with E-state index < -0.39 is 0 Å². The van der Waals surface area contributed by atoms with Gasteiger partial charge in [0.2, 0.25) is 0 Å². The molecule has 2 aromatic heterocycles. The molecule has 35 heavy (non-hydrogen) atoms. The first-order chi connectivity index (χ1) is 17.2. The molecule has 3 heterocycles. The predicted molar refractivity (Wildman–Crippen MR) is 144 cm³/mol. The maximum absolute atomic E-state index is 10.4. The van der Waals surface area contributed by atoms with E-state index in [-0.39, 0.29) is 5.75 Å². The molecule has 7 heteroatoms. The van der Waals surface area contributed by atoms with Crippen LogP contribution in [0.2, 0.25) is 0 Å². The van der Waals surface area contributed by atoms with Crippen LogP contribution >= 0.6 is 0 Å². The Morgan fingerprint density at radius 3 is 2.60 bits per heavy atom. The van der Waals surface area contributed by atoms with Gasteiger partial charge in [-0.2, -0.15) is 9.61 Å². The number of para-hydroxylation sites is 1. The van der Waals surface area contributed by atoms with Crippen molar-refractivity contribution in [2.24, 2.45) is 0 Å². The molecule has 0 atom stereocenters.